The molecule has 3 aliphatic rings. The lowest BCUT2D eigenvalue weighted by molar-refractivity contribution is -0.207. The van der Waals surface area contributed by atoms with Crippen molar-refractivity contribution in [3.63, 3.8) is 0 Å². The minimum absolute atomic E-state index is 0.0433. The van der Waals surface area contributed by atoms with Gasteiger partial charge in [-0.25, -0.2) is 4.79 Å². The minimum Gasteiger partial charge on any atom is -0.460 e. The zero-order valence-electron chi connectivity index (χ0n) is 17.0. The molecule has 0 aromatic carbocycles. The minimum atomic E-state index is -0.686. The molecule has 0 aromatic heterocycles. The fourth-order valence-electron chi connectivity index (χ4n) is 6.70. The maximum atomic E-state index is 13.1. The summed E-state index contributed by atoms with van der Waals surface area (Å²) >= 11 is 0. The Kier molecular flexibility index (Phi) is 5.09. The van der Waals surface area contributed by atoms with Crippen molar-refractivity contribution in [2.45, 2.75) is 72.0 Å². The van der Waals surface area contributed by atoms with E-state index in [2.05, 4.69) is 27.4 Å². The summed E-state index contributed by atoms with van der Waals surface area (Å²) < 4.78 is 5.77. The number of Topliss-reactive ketones (excluding diaryl/α,β-unsaturated/α-hetero) is 1. The molecule has 0 amide bonds. The van der Waals surface area contributed by atoms with E-state index in [1.165, 1.54) is 0 Å². The molecule has 0 aromatic rings. The van der Waals surface area contributed by atoms with Gasteiger partial charge in [-0.2, -0.15) is 0 Å². The SMILES string of the molecule is C=C[C@]1(C)C[C@H](OC(=O)CO)[C@@]2(C)[C@H](C)CC[C@@]3(CCC(=O)[C@@H]32)[C@@H](C)[C@H]1O. The van der Waals surface area contributed by atoms with Crippen LogP contribution < -0.4 is 0 Å². The average molecular weight is 379 g/mol. The van der Waals surface area contributed by atoms with E-state index in [9.17, 15) is 19.8 Å². The quantitative estimate of drug-likeness (QED) is 0.583. The molecule has 0 radical (unpaired) electrons. The fraction of sp³-hybridized carbons (Fsp3) is 0.818. The van der Waals surface area contributed by atoms with E-state index in [0.717, 1.165) is 19.3 Å². The van der Waals surface area contributed by atoms with Crippen molar-refractivity contribution in [3.8, 4) is 0 Å². The van der Waals surface area contributed by atoms with E-state index in [0.29, 0.717) is 12.8 Å². The van der Waals surface area contributed by atoms with E-state index in [4.69, 9.17) is 4.74 Å². The first-order valence-corrected chi connectivity index (χ1v) is 10.2. The van der Waals surface area contributed by atoms with Crippen LogP contribution in [-0.2, 0) is 14.3 Å². The maximum absolute atomic E-state index is 13.1. The number of aliphatic hydroxyl groups excluding tert-OH is 2. The Morgan fingerprint density at radius 3 is 2.59 bits per heavy atom. The molecule has 0 heterocycles. The van der Waals surface area contributed by atoms with Gasteiger partial charge in [0.15, 0.2) is 0 Å². The average Bonchev–Trinajstić information content (AvgIpc) is 3.00. The molecule has 2 N–H and O–H groups in total. The van der Waals surface area contributed by atoms with Gasteiger partial charge < -0.3 is 14.9 Å². The van der Waals surface area contributed by atoms with Crippen molar-refractivity contribution in [2.75, 3.05) is 6.61 Å². The van der Waals surface area contributed by atoms with Crippen LogP contribution in [0.5, 0.6) is 0 Å². The summed E-state index contributed by atoms with van der Waals surface area (Å²) in [4.78, 5) is 25.2. The summed E-state index contributed by atoms with van der Waals surface area (Å²) in [6.45, 7) is 11.5. The Morgan fingerprint density at radius 2 is 2.00 bits per heavy atom. The van der Waals surface area contributed by atoms with Gasteiger partial charge in [0.25, 0.3) is 0 Å². The highest BCUT2D eigenvalue weighted by Gasteiger charge is 2.68. The zero-order valence-corrected chi connectivity index (χ0v) is 17.0. The number of carbonyl (C=O) groups excluding carboxylic acids is 2. The number of ketones is 1. The van der Waals surface area contributed by atoms with Gasteiger partial charge in [-0.15, -0.1) is 6.58 Å². The van der Waals surface area contributed by atoms with Crippen molar-refractivity contribution < 1.29 is 24.5 Å². The normalized spacial score (nSPS) is 49.7. The summed E-state index contributed by atoms with van der Waals surface area (Å²) in [7, 11) is 0. The highest BCUT2D eigenvalue weighted by atomic mass is 16.6. The van der Waals surface area contributed by atoms with Crippen LogP contribution in [-0.4, -0.2) is 40.8 Å². The van der Waals surface area contributed by atoms with Gasteiger partial charge >= 0.3 is 5.97 Å². The Bertz CT molecular complexity index is 645. The monoisotopic (exact) mass is 378 g/mol. The Balaban J connectivity index is 2.21. The summed E-state index contributed by atoms with van der Waals surface area (Å²) in [6.07, 6.45) is 4.10. The number of ether oxygens (including phenoxy) is 1. The van der Waals surface area contributed by atoms with E-state index in [1.807, 2.05) is 6.92 Å². The predicted octanol–water partition coefficient (Wildman–Crippen LogP) is 2.89. The molecule has 5 heteroatoms. The van der Waals surface area contributed by atoms with Crippen LogP contribution in [0.3, 0.4) is 0 Å². The Hall–Kier alpha value is -1.20. The maximum Gasteiger partial charge on any atom is 0.332 e. The number of esters is 1. The lowest BCUT2D eigenvalue weighted by Gasteiger charge is -2.61. The lowest BCUT2D eigenvalue weighted by Crippen LogP contribution is -2.63. The van der Waals surface area contributed by atoms with Crippen LogP contribution in [0.1, 0.15) is 59.8 Å². The molecule has 0 unspecified atom stereocenters. The van der Waals surface area contributed by atoms with Crippen LogP contribution in [0.25, 0.3) is 0 Å². The molecule has 2 bridgehead atoms. The zero-order chi connectivity index (χ0) is 20.2. The first-order chi connectivity index (χ1) is 12.6. The molecule has 0 aliphatic heterocycles. The molecule has 3 rings (SSSR count). The Morgan fingerprint density at radius 1 is 1.33 bits per heavy atom. The smallest absolute Gasteiger partial charge is 0.332 e. The predicted molar refractivity (Wildman–Crippen MR) is 102 cm³/mol. The number of hydrogen-bond acceptors (Lipinski definition) is 5. The molecule has 0 spiro atoms. The third kappa shape index (κ3) is 2.72. The molecule has 27 heavy (non-hydrogen) atoms. The van der Waals surface area contributed by atoms with Crippen LogP contribution in [0.4, 0.5) is 0 Å². The number of rotatable bonds is 3. The third-order valence-corrected chi connectivity index (χ3v) is 8.70. The molecule has 5 nitrogen and oxygen atoms in total. The molecule has 3 fully saturated rings. The van der Waals surface area contributed by atoms with E-state index in [-0.39, 0.29) is 29.0 Å². The topological polar surface area (TPSA) is 83.8 Å². The molecular formula is C22H34O5. The van der Waals surface area contributed by atoms with Gasteiger partial charge in [-0.3, -0.25) is 4.79 Å². The van der Waals surface area contributed by atoms with Gasteiger partial charge in [0.05, 0.1) is 6.10 Å². The van der Waals surface area contributed by atoms with Crippen molar-refractivity contribution in [1.29, 1.82) is 0 Å². The first kappa shape index (κ1) is 20.5. The second-order valence-corrected chi connectivity index (χ2v) is 9.72. The number of carbonyl (C=O) groups is 2. The molecule has 152 valence electrons. The first-order valence-electron chi connectivity index (χ1n) is 10.2. The van der Waals surface area contributed by atoms with Crippen molar-refractivity contribution in [1.82, 2.24) is 0 Å². The van der Waals surface area contributed by atoms with Crippen LogP contribution in [0.15, 0.2) is 12.7 Å². The molecule has 3 saturated carbocycles. The third-order valence-electron chi connectivity index (χ3n) is 8.70. The van der Waals surface area contributed by atoms with Gasteiger partial charge in [-0.1, -0.05) is 33.8 Å². The van der Waals surface area contributed by atoms with Crippen LogP contribution >= 0.6 is 0 Å². The summed E-state index contributed by atoms with van der Waals surface area (Å²) in [6, 6.07) is 0. The van der Waals surface area contributed by atoms with Gasteiger partial charge in [0.2, 0.25) is 0 Å². The van der Waals surface area contributed by atoms with E-state index < -0.39 is 35.6 Å². The standard InChI is InChI=1S/C22H34O5/c1-6-20(4)11-16(27-17(25)12-23)21(5)13(2)7-9-22(14(3)19(20)26)10-8-15(24)18(21)22/h6,13-14,16,18-19,23,26H,1,7-12H2,2-5H3/t13-,14+,16+,18-,19-,20-,21-,22-/m1/s1. The summed E-state index contributed by atoms with van der Waals surface area (Å²) in [5.41, 5.74) is -1.43. The Labute approximate surface area is 162 Å². The summed E-state index contributed by atoms with van der Waals surface area (Å²) in [5, 5.41) is 20.6. The van der Waals surface area contributed by atoms with Gasteiger partial charge in [-0.05, 0) is 42.9 Å². The summed E-state index contributed by atoms with van der Waals surface area (Å²) in [5.74, 6) is -0.520. The lowest BCUT2D eigenvalue weighted by atomic mass is 9.44. The largest absolute Gasteiger partial charge is 0.460 e. The fourth-order valence-corrected chi connectivity index (χ4v) is 6.70. The van der Waals surface area contributed by atoms with Crippen LogP contribution in [0, 0.1) is 34.0 Å². The van der Waals surface area contributed by atoms with Crippen molar-refractivity contribution in [3.05, 3.63) is 12.7 Å². The molecule has 8 atom stereocenters. The number of aliphatic hydroxyl groups is 2. The van der Waals surface area contributed by atoms with E-state index >= 15 is 0 Å². The highest BCUT2D eigenvalue weighted by molar-refractivity contribution is 5.85. The van der Waals surface area contributed by atoms with Crippen molar-refractivity contribution >= 4 is 11.8 Å². The van der Waals surface area contributed by atoms with Crippen molar-refractivity contribution in [2.24, 2.45) is 34.0 Å². The molecule has 0 saturated heterocycles. The highest BCUT2D eigenvalue weighted by Crippen LogP contribution is 2.67. The molecule has 3 aliphatic carbocycles. The second kappa shape index (κ2) is 6.70. The second-order valence-electron chi connectivity index (χ2n) is 9.72. The van der Waals surface area contributed by atoms with E-state index in [1.54, 1.807) is 6.08 Å². The van der Waals surface area contributed by atoms with Gasteiger partial charge in [0.1, 0.15) is 18.5 Å². The molecular weight excluding hydrogens is 344 g/mol. The van der Waals surface area contributed by atoms with Crippen LogP contribution in [0.2, 0.25) is 0 Å². The number of hydrogen-bond donors (Lipinski definition) is 2. The van der Waals surface area contributed by atoms with Gasteiger partial charge in [0, 0.05) is 23.2 Å².